The monoisotopic (exact) mass is 330 g/mol. The molecule has 136 valence electrons. The Balaban J connectivity index is 1.55. The van der Waals surface area contributed by atoms with Crippen LogP contribution in [0.3, 0.4) is 0 Å². The second-order valence-corrected chi connectivity index (χ2v) is 10.5. The van der Waals surface area contributed by atoms with E-state index in [0.29, 0.717) is 16.7 Å². The van der Waals surface area contributed by atoms with E-state index >= 15 is 0 Å². The van der Waals surface area contributed by atoms with Crippen molar-refractivity contribution in [3.8, 4) is 0 Å². The van der Waals surface area contributed by atoms with Crippen LogP contribution in [0.2, 0.25) is 0 Å². The molecule has 0 radical (unpaired) electrons. The molecule has 0 bridgehead atoms. The van der Waals surface area contributed by atoms with E-state index in [1.54, 1.807) is 0 Å². The Morgan fingerprint density at radius 2 is 1.67 bits per heavy atom. The molecule has 0 aromatic rings. The van der Waals surface area contributed by atoms with E-state index in [4.69, 9.17) is 0 Å². The zero-order valence-electron chi connectivity index (χ0n) is 16.2. The van der Waals surface area contributed by atoms with Crippen molar-refractivity contribution in [3.63, 3.8) is 0 Å². The number of carbonyl (C=O) groups excluding carboxylic acids is 1. The van der Waals surface area contributed by atoms with Gasteiger partial charge in [0, 0.05) is 5.92 Å². The van der Waals surface area contributed by atoms with Crippen LogP contribution in [0.15, 0.2) is 0 Å². The lowest BCUT2D eigenvalue weighted by molar-refractivity contribution is -0.128. The minimum Gasteiger partial charge on any atom is -0.303 e. The maximum Gasteiger partial charge on any atom is 0.123 e. The van der Waals surface area contributed by atoms with E-state index in [1.807, 2.05) is 0 Å². The Kier molecular flexibility index (Phi) is 4.37. The lowest BCUT2D eigenvalue weighted by Gasteiger charge is -2.61. The highest BCUT2D eigenvalue weighted by Crippen LogP contribution is 2.67. The maximum absolute atomic E-state index is 11.6. The first-order valence-electron chi connectivity index (χ1n) is 11.0. The summed E-state index contributed by atoms with van der Waals surface area (Å²) in [5.41, 5.74) is 0.958. The van der Waals surface area contributed by atoms with Gasteiger partial charge >= 0.3 is 0 Å². The van der Waals surface area contributed by atoms with Crippen molar-refractivity contribution in [3.05, 3.63) is 0 Å². The van der Waals surface area contributed by atoms with Crippen LogP contribution in [-0.2, 0) is 4.79 Å². The summed E-state index contributed by atoms with van der Waals surface area (Å²) in [5.74, 6) is 5.10. The van der Waals surface area contributed by atoms with Gasteiger partial charge < -0.3 is 4.79 Å². The molecule has 1 nitrogen and oxygen atoms in total. The zero-order valence-corrected chi connectivity index (χ0v) is 16.2. The first-order valence-corrected chi connectivity index (χ1v) is 11.0. The molecule has 24 heavy (non-hydrogen) atoms. The number of hydrogen-bond acceptors (Lipinski definition) is 1. The zero-order chi connectivity index (χ0) is 16.9. The smallest absolute Gasteiger partial charge is 0.123 e. The number of hydrogen-bond donors (Lipinski definition) is 0. The fraction of sp³-hybridized carbons (Fsp3) is 0.957. The Bertz CT molecular complexity index is 484. The summed E-state index contributed by atoms with van der Waals surface area (Å²) < 4.78 is 0. The molecule has 0 saturated heterocycles. The molecular weight excluding hydrogens is 292 g/mol. The van der Waals surface area contributed by atoms with Crippen LogP contribution < -0.4 is 0 Å². The fourth-order valence-corrected chi connectivity index (χ4v) is 8.28. The third-order valence-electron chi connectivity index (χ3n) is 9.71. The molecule has 8 unspecified atom stereocenters. The standard InChI is InChI=1S/C23H38O/c1-4-5-16-10-12-22(2)17(14-16)6-8-19-20-9-7-18(15-24)23(20,3)13-11-21(19)22/h15-21H,4-14H2,1-3H3. The Morgan fingerprint density at radius 3 is 2.42 bits per heavy atom. The number of aldehydes is 1. The van der Waals surface area contributed by atoms with Crippen molar-refractivity contribution in [1.82, 2.24) is 0 Å². The molecule has 0 heterocycles. The van der Waals surface area contributed by atoms with Crippen molar-refractivity contribution in [2.45, 2.75) is 91.4 Å². The first kappa shape index (κ1) is 17.1. The third kappa shape index (κ3) is 2.36. The summed E-state index contributed by atoms with van der Waals surface area (Å²) in [7, 11) is 0. The van der Waals surface area contributed by atoms with E-state index in [9.17, 15) is 4.79 Å². The van der Waals surface area contributed by atoms with Crippen molar-refractivity contribution in [2.24, 2.45) is 46.3 Å². The number of fused-ring (bicyclic) bond motifs is 5. The maximum atomic E-state index is 11.6. The molecule has 4 aliphatic carbocycles. The normalized spacial score (nSPS) is 53.8. The predicted molar refractivity (Wildman–Crippen MR) is 99.7 cm³/mol. The van der Waals surface area contributed by atoms with E-state index in [-0.39, 0.29) is 0 Å². The van der Waals surface area contributed by atoms with Crippen LogP contribution >= 0.6 is 0 Å². The molecule has 0 spiro atoms. The highest BCUT2D eigenvalue weighted by molar-refractivity contribution is 5.56. The highest BCUT2D eigenvalue weighted by Gasteiger charge is 2.59. The van der Waals surface area contributed by atoms with Crippen molar-refractivity contribution < 1.29 is 4.79 Å². The van der Waals surface area contributed by atoms with Crippen LogP contribution in [0.25, 0.3) is 0 Å². The van der Waals surface area contributed by atoms with Gasteiger partial charge in [-0.05, 0) is 98.2 Å². The van der Waals surface area contributed by atoms with Gasteiger partial charge in [-0.1, -0.05) is 33.6 Å². The molecule has 4 aliphatic rings. The summed E-state index contributed by atoms with van der Waals surface area (Å²) in [6.07, 6.45) is 16.8. The van der Waals surface area contributed by atoms with Gasteiger partial charge in [-0.15, -0.1) is 0 Å². The molecule has 8 atom stereocenters. The van der Waals surface area contributed by atoms with Crippen molar-refractivity contribution >= 4 is 6.29 Å². The van der Waals surface area contributed by atoms with Gasteiger partial charge in [0.1, 0.15) is 6.29 Å². The molecule has 0 amide bonds. The number of rotatable bonds is 3. The average Bonchev–Trinajstić information content (AvgIpc) is 2.92. The lowest BCUT2D eigenvalue weighted by atomic mass is 9.44. The van der Waals surface area contributed by atoms with Gasteiger partial charge in [0.25, 0.3) is 0 Å². The molecule has 0 N–H and O–H groups in total. The van der Waals surface area contributed by atoms with Crippen LogP contribution in [-0.4, -0.2) is 6.29 Å². The Morgan fingerprint density at radius 1 is 0.917 bits per heavy atom. The van der Waals surface area contributed by atoms with E-state index in [1.165, 1.54) is 76.9 Å². The molecule has 0 aromatic carbocycles. The average molecular weight is 331 g/mol. The molecule has 0 aliphatic heterocycles. The van der Waals surface area contributed by atoms with Gasteiger partial charge in [-0.2, -0.15) is 0 Å². The van der Waals surface area contributed by atoms with Crippen molar-refractivity contribution in [1.29, 1.82) is 0 Å². The summed E-state index contributed by atoms with van der Waals surface area (Å²) in [5, 5.41) is 0. The van der Waals surface area contributed by atoms with Gasteiger partial charge in [0.05, 0.1) is 0 Å². The van der Waals surface area contributed by atoms with Crippen LogP contribution in [0.5, 0.6) is 0 Å². The largest absolute Gasteiger partial charge is 0.303 e. The second kappa shape index (κ2) is 6.13. The molecule has 4 rings (SSSR count). The predicted octanol–water partition coefficient (Wildman–Crippen LogP) is 6.26. The number of carbonyl (C=O) groups is 1. The minimum atomic E-state index is 0.339. The third-order valence-corrected chi connectivity index (χ3v) is 9.71. The fourth-order valence-electron chi connectivity index (χ4n) is 8.28. The molecular formula is C23H38O. The molecule has 4 fully saturated rings. The van der Waals surface area contributed by atoms with Gasteiger partial charge in [0.15, 0.2) is 0 Å². The van der Waals surface area contributed by atoms with Crippen LogP contribution in [0, 0.1) is 46.3 Å². The van der Waals surface area contributed by atoms with E-state index < -0.39 is 0 Å². The molecule has 0 aromatic heterocycles. The topological polar surface area (TPSA) is 17.1 Å². The highest BCUT2D eigenvalue weighted by atomic mass is 16.1. The van der Waals surface area contributed by atoms with Gasteiger partial charge in [-0.25, -0.2) is 0 Å². The Hall–Kier alpha value is -0.330. The summed E-state index contributed by atoms with van der Waals surface area (Å²) >= 11 is 0. The van der Waals surface area contributed by atoms with Gasteiger partial charge in [-0.3, -0.25) is 0 Å². The molecule has 1 heteroatoms. The SMILES string of the molecule is CCCC1CCC2(C)C(CCC3C4CCC(C=O)C4(C)CCC32)C1. The van der Waals surface area contributed by atoms with Crippen LogP contribution in [0.4, 0.5) is 0 Å². The first-order chi connectivity index (χ1) is 11.5. The minimum absolute atomic E-state index is 0.339. The van der Waals surface area contributed by atoms with Crippen molar-refractivity contribution in [2.75, 3.05) is 0 Å². The Labute approximate surface area is 149 Å². The van der Waals surface area contributed by atoms with E-state index in [0.717, 1.165) is 29.6 Å². The summed E-state index contributed by atoms with van der Waals surface area (Å²) in [6.45, 7) is 7.49. The summed E-state index contributed by atoms with van der Waals surface area (Å²) in [6, 6.07) is 0. The van der Waals surface area contributed by atoms with Gasteiger partial charge in [0.2, 0.25) is 0 Å². The lowest BCUT2D eigenvalue weighted by Crippen LogP contribution is -2.53. The summed E-state index contributed by atoms with van der Waals surface area (Å²) in [4.78, 5) is 11.6. The van der Waals surface area contributed by atoms with Crippen LogP contribution in [0.1, 0.15) is 91.4 Å². The van der Waals surface area contributed by atoms with E-state index in [2.05, 4.69) is 20.8 Å². The second-order valence-electron chi connectivity index (χ2n) is 10.5. The quantitative estimate of drug-likeness (QED) is 0.558. The molecule has 4 saturated carbocycles.